The van der Waals surface area contributed by atoms with Crippen LogP contribution in [-0.4, -0.2) is 10.8 Å². The molecule has 0 saturated heterocycles. The molecule has 0 radical (unpaired) electrons. The van der Waals surface area contributed by atoms with E-state index >= 15 is 0 Å². The van der Waals surface area contributed by atoms with Gasteiger partial charge in [-0.3, -0.25) is 4.79 Å². The Morgan fingerprint density at radius 1 is 0.926 bits per heavy atom. The van der Waals surface area contributed by atoms with E-state index in [1.165, 1.54) is 42.6 Å². The van der Waals surface area contributed by atoms with E-state index in [1.807, 2.05) is 0 Å². The molecular formula is C20H13F4NO2. The van der Waals surface area contributed by atoms with Crippen molar-refractivity contribution in [1.29, 1.82) is 0 Å². The van der Waals surface area contributed by atoms with Gasteiger partial charge in [-0.15, -0.1) is 0 Å². The Balaban J connectivity index is 1.76. The molecule has 2 aromatic carbocycles. The number of ketones is 1. The SMILES string of the molecule is O=C(CCc1c(F)cc(F)cc1F)c1cccnc1Oc1ccc(F)cc1. The van der Waals surface area contributed by atoms with Crippen molar-refractivity contribution in [3.63, 3.8) is 0 Å². The molecule has 0 amide bonds. The Bertz CT molecular complexity index is 951. The number of aromatic nitrogens is 1. The van der Waals surface area contributed by atoms with Crippen LogP contribution in [0.4, 0.5) is 17.6 Å². The molecule has 0 atom stereocenters. The Hall–Kier alpha value is -3.22. The molecule has 138 valence electrons. The van der Waals surface area contributed by atoms with Gasteiger partial charge in [0.05, 0.1) is 5.56 Å². The number of hydrogen-bond acceptors (Lipinski definition) is 3. The summed E-state index contributed by atoms with van der Waals surface area (Å²) < 4.78 is 58.9. The maximum absolute atomic E-state index is 13.7. The second kappa shape index (κ2) is 7.99. The summed E-state index contributed by atoms with van der Waals surface area (Å²) in [5, 5.41) is 0. The van der Waals surface area contributed by atoms with Gasteiger partial charge in [-0.1, -0.05) is 0 Å². The van der Waals surface area contributed by atoms with E-state index in [2.05, 4.69) is 4.98 Å². The van der Waals surface area contributed by atoms with Gasteiger partial charge in [-0.2, -0.15) is 0 Å². The Morgan fingerprint density at radius 2 is 1.59 bits per heavy atom. The van der Waals surface area contributed by atoms with E-state index in [4.69, 9.17) is 4.74 Å². The quantitative estimate of drug-likeness (QED) is 0.437. The highest BCUT2D eigenvalue weighted by molar-refractivity contribution is 5.98. The number of carbonyl (C=O) groups is 1. The van der Waals surface area contributed by atoms with Gasteiger partial charge in [0.1, 0.15) is 29.0 Å². The predicted molar refractivity (Wildman–Crippen MR) is 89.7 cm³/mol. The maximum Gasteiger partial charge on any atom is 0.230 e. The lowest BCUT2D eigenvalue weighted by molar-refractivity contribution is 0.0979. The van der Waals surface area contributed by atoms with Gasteiger partial charge in [-0.25, -0.2) is 22.5 Å². The third kappa shape index (κ3) is 4.49. The van der Waals surface area contributed by atoms with Crippen LogP contribution in [0.1, 0.15) is 22.3 Å². The first-order valence-corrected chi connectivity index (χ1v) is 7.99. The van der Waals surface area contributed by atoms with Crippen molar-refractivity contribution in [2.24, 2.45) is 0 Å². The minimum atomic E-state index is -1.05. The number of nitrogens with zero attached hydrogens (tertiary/aromatic N) is 1. The summed E-state index contributed by atoms with van der Waals surface area (Å²) >= 11 is 0. The molecule has 3 rings (SSSR count). The molecule has 0 aliphatic heterocycles. The lowest BCUT2D eigenvalue weighted by atomic mass is 10.0. The van der Waals surface area contributed by atoms with Crippen molar-refractivity contribution >= 4 is 5.78 Å². The second-order valence-corrected chi connectivity index (χ2v) is 5.68. The van der Waals surface area contributed by atoms with Gasteiger partial charge in [0.25, 0.3) is 0 Å². The lowest BCUT2D eigenvalue weighted by Crippen LogP contribution is -2.07. The van der Waals surface area contributed by atoms with Crippen LogP contribution in [0.15, 0.2) is 54.7 Å². The van der Waals surface area contributed by atoms with E-state index in [9.17, 15) is 22.4 Å². The molecule has 1 heterocycles. The molecule has 0 aliphatic rings. The van der Waals surface area contributed by atoms with Gasteiger partial charge in [-0.05, 0) is 42.8 Å². The van der Waals surface area contributed by atoms with Gasteiger partial charge in [0.2, 0.25) is 5.88 Å². The Morgan fingerprint density at radius 3 is 2.26 bits per heavy atom. The number of pyridine rings is 1. The summed E-state index contributed by atoms with van der Waals surface area (Å²) in [5.74, 6) is -3.74. The molecule has 0 aliphatic carbocycles. The molecule has 0 N–H and O–H groups in total. The van der Waals surface area contributed by atoms with Gasteiger partial charge >= 0.3 is 0 Å². The smallest absolute Gasteiger partial charge is 0.230 e. The van der Waals surface area contributed by atoms with Crippen molar-refractivity contribution in [3.05, 3.63) is 89.1 Å². The zero-order chi connectivity index (χ0) is 19.4. The minimum Gasteiger partial charge on any atom is -0.438 e. The number of halogens is 4. The third-order valence-electron chi connectivity index (χ3n) is 3.81. The molecule has 0 fully saturated rings. The molecule has 0 saturated carbocycles. The lowest BCUT2D eigenvalue weighted by Gasteiger charge is -2.10. The zero-order valence-corrected chi connectivity index (χ0v) is 13.9. The van der Waals surface area contributed by atoms with Crippen LogP contribution < -0.4 is 4.74 Å². The van der Waals surface area contributed by atoms with Crippen LogP contribution in [0.25, 0.3) is 0 Å². The van der Waals surface area contributed by atoms with Crippen LogP contribution >= 0.6 is 0 Å². The van der Waals surface area contributed by atoms with Crippen LogP contribution in [0.2, 0.25) is 0 Å². The number of ether oxygens (including phenoxy) is 1. The first-order chi connectivity index (χ1) is 12.9. The van der Waals surface area contributed by atoms with Crippen molar-refractivity contribution in [2.45, 2.75) is 12.8 Å². The van der Waals surface area contributed by atoms with Crippen LogP contribution in [0.3, 0.4) is 0 Å². The van der Waals surface area contributed by atoms with Crippen molar-refractivity contribution < 1.29 is 27.1 Å². The van der Waals surface area contributed by atoms with Gasteiger partial charge in [0, 0.05) is 30.3 Å². The highest BCUT2D eigenvalue weighted by Gasteiger charge is 2.17. The summed E-state index contributed by atoms with van der Waals surface area (Å²) in [6, 6.07) is 9.25. The largest absolute Gasteiger partial charge is 0.438 e. The molecule has 1 aromatic heterocycles. The third-order valence-corrected chi connectivity index (χ3v) is 3.81. The second-order valence-electron chi connectivity index (χ2n) is 5.68. The molecule has 0 spiro atoms. The van der Waals surface area contributed by atoms with E-state index in [0.717, 1.165) is 0 Å². The molecule has 0 bridgehead atoms. The highest BCUT2D eigenvalue weighted by atomic mass is 19.1. The van der Waals surface area contributed by atoms with Gasteiger partial charge in [0.15, 0.2) is 5.78 Å². The maximum atomic E-state index is 13.7. The van der Waals surface area contributed by atoms with E-state index in [-0.39, 0.29) is 35.6 Å². The molecule has 7 heteroatoms. The molecule has 27 heavy (non-hydrogen) atoms. The molecule has 3 nitrogen and oxygen atoms in total. The van der Waals surface area contributed by atoms with Crippen molar-refractivity contribution in [1.82, 2.24) is 4.98 Å². The summed E-state index contributed by atoms with van der Waals surface area (Å²) in [4.78, 5) is 16.5. The number of Topliss-reactive ketones (excluding diaryl/α,β-unsaturated/α-hetero) is 1. The zero-order valence-electron chi connectivity index (χ0n) is 13.9. The van der Waals surface area contributed by atoms with E-state index in [0.29, 0.717) is 12.1 Å². The Kier molecular flexibility index (Phi) is 5.49. The topological polar surface area (TPSA) is 39.2 Å². The fraction of sp³-hybridized carbons (Fsp3) is 0.100. The fourth-order valence-corrected chi connectivity index (χ4v) is 2.48. The predicted octanol–water partition coefficient (Wildman–Crippen LogP) is 5.25. The molecular weight excluding hydrogens is 362 g/mol. The fourth-order valence-electron chi connectivity index (χ4n) is 2.48. The van der Waals surface area contributed by atoms with E-state index in [1.54, 1.807) is 0 Å². The number of hydrogen-bond donors (Lipinski definition) is 0. The number of rotatable bonds is 6. The number of carbonyl (C=O) groups excluding carboxylic acids is 1. The first-order valence-electron chi connectivity index (χ1n) is 7.99. The van der Waals surface area contributed by atoms with E-state index < -0.39 is 29.1 Å². The summed E-state index contributed by atoms with van der Waals surface area (Å²) in [5.41, 5.74) is -0.251. The average Bonchev–Trinajstić information content (AvgIpc) is 2.63. The average molecular weight is 375 g/mol. The number of benzene rings is 2. The van der Waals surface area contributed by atoms with Gasteiger partial charge < -0.3 is 4.74 Å². The standard InChI is InChI=1S/C20H13F4NO2/c21-12-3-5-14(6-4-12)27-20-16(2-1-9-25-20)19(26)8-7-15-17(23)10-13(22)11-18(15)24/h1-6,9-11H,7-8H2. The van der Waals surface area contributed by atoms with Crippen LogP contribution in [-0.2, 0) is 6.42 Å². The van der Waals surface area contributed by atoms with Crippen LogP contribution in [0.5, 0.6) is 11.6 Å². The summed E-state index contributed by atoms with van der Waals surface area (Å²) in [6.45, 7) is 0. The monoisotopic (exact) mass is 375 g/mol. The van der Waals surface area contributed by atoms with Crippen molar-refractivity contribution in [2.75, 3.05) is 0 Å². The highest BCUT2D eigenvalue weighted by Crippen LogP contribution is 2.25. The minimum absolute atomic E-state index is 0.00541. The summed E-state index contributed by atoms with van der Waals surface area (Å²) in [6.07, 6.45) is 0.932. The normalized spacial score (nSPS) is 10.7. The Labute approximate surface area is 152 Å². The first kappa shape index (κ1) is 18.6. The van der Waals surface area contributed by atoms with Crippen LogP contribution in [0, 0.1) is 23.3 Å². The van der Waals surface area contributed by atoms with Crippen molar-refractivity contribution in [3.8, 4) is 11.6 Å². The summed E-state index contributed by atoms with van der Waals surface area (Å²) in [7, 11) is 0. The molecule has 0 unspecified atom stereocenters. The molecule has 3 aromatic rings.